The number of halogens is 3. The van der Waals surface area contributed by atoms with Crippen molar-refractivity contribution >= 4 is 59.4 Å². The van der Waals surface area contributed by atoms with Crippen LogP contribution in [-0.4, -0.2) is 32.2 Å². The summed E-state index contributed by atoms with van der Waals surface area (Å²) in [7, 11) is 1.61. The van der Waals surface area contributed by atoms with Crippen LogP contribution in [-0.2, 0) is 9.53 Å². The molecule has 0 aliphatic rings. The third-order valence-electron chi connectivity index (χ3n) is 2.26. The zero-order valence-electron chi connectivity index (χ0n) is 10.6. The molecule has 0 aliphatic heterocycles. The predicted molar refractivity (Wildman–Crippen MR) is 87.5 cm³/mol. The lowest BCUT2D eigenvalue weighted by Crippen LogP contribution is -2.39. The molecule has 1 aromatic rings. The summed E-state index contributed by atoms with van der Waals surface area (Å²) in [6, 6.07) is 3.83. The molecule has 0 saturated heterocycles. The fourth-order valence-corrected chi connectivity index (χ4v) is 4.04. The fraction of sp³-hybridized carbons (Fsp3) is 0.417. The first-order valence-electron chi connectivity index (χ1n) is 5.60. The molecule has 1 aromatic carbocycles. The van der Waals surface area contributed by atoms with Crippen LogP contribution in [0.15, 0.2) is 25.6 Å². The van der Waals surface area contributed by atoms with Gasteiger partial charge in [0.25, 0.3) is 0 Å². The first-order valence-corrected chi connectivity index (χ1v) is 7.98. The maximum atomic E-state index is 11.7. The van der Waals surface area contributed by atoms with E-state index in [1.807, 2.05) is 19.1 Å². The summed E-state index contributed by atoms with van der Waals surface area (Å²) in [5.41, 5.74) is 0.845. The van der Waals surface area contributed by atoms with E-state index < -0.39 is 0 Å². The molecule has 0 heterocycles. The van der Waals surface area contributed by atoms with Gasteiger partial charge in [0.15, 0.2) is 0 Å². The average Bonchev–Trinajstić information content (AvgIpc) is 2.27. The predicted octanol–water partition coefficient (Wildman–Crippen LogP) is 3.54. The summed E-state index contributed by atoms with van der Waals surface area (Å²) in [6.07, 6.45) is 0. The van der Waals surface area contributed by atoms with Crippen molar-refractivity contribution in [1.82, 2.24) is 5.32 Å². The number of hydrogen-bond donors (Lipinski definition) is 2. The summed E-state index contributed by atoms with van der Waals surface area (Å²) < 4.78 is 7.68. The van der Waals surface area contributed by atoms with Crippen LogP contribution in [0.2, 0.25) is 0 Å². The minimum atomic E-state index is -0.0775. The highest BCUT2D eigenvalue weighted by molar-refractivity contribution is 9.11. The second kappa shape index (κ2) is 8.24. The Labute approximate surface area is 138 Å². The number of methoxy groups -OCH3 is 1. The van der Waals surface area contributed by atoms with Gasteiger partial charge < -0.3 is 15.4 Å². The van der Waals surface area contributed by atoms with Crippen molar-refractivity contribution in [2.75, 3.05) is 25.6 Å². The minimum absolute atomic E-state index is 0.00361. The topological polar surface area (TPSA) is 50.4 Å². The second-order valence-corrected chi connectivity index (χ2v) is 6.65. The molecule has 7 heteroatoms. The van der Waals surface area contributed by atoms with Gasteiger partial charge >= 0.3 is 0 Å². The van der Waals surface area contributed by atoms with Crippen molar-refractivity contribution in [2.45, 2.75) is 13.0 Å². The second-order valence-electron chi connectivity index (χ2n) is 4.02. The summed E-state index contributed by atoms with van der Waals surface area (Å²) in [5, 5.41) is 5.92. The Kier molecular flexibility index (Phi) is 7.35. The molecular formula is C12H15Br3N2O2. The van der Waals surface area contributed by atoms with Gasteiger partial charge in [0.1, 0.15) is 0 Å². The fourth-order valence-electron chi connectivity index (χ4n) is 1.50. The first kappa shape index (κ1) is 16.9. The van der Waals surface area contributed by atoms with E-state index in [1.54, 1.807) is 7.11 Å². The number of rotatable bonds is 6. The van der Waals surface area contributed by atoms with Gasteiger partial charge in [0.2, 0.25) is 5.91 Å². The van der Waals surface area contributed by atoms with Crippen LogP contribution in [0.25, 0.3) is 0 Å². The molecule has 2 N–H and O–H groups in total. The van der Waals surface area contributed by atoms with Crippen LogP contribution in [0.5, 0.6) is 0 Å². The highest BCUT2D eigenvalue weighted by Crippen LogP contribution is 2.34. The monoisotopic (exact) mass is 456 g/mol. The lowest BCUT2D eigenvalue weighted by molar-refractivity contribution is -0.120. The molecule has 1 atom stereocenters. The van der Waals surface area contributed by atoms with Gasteiger partial charge in [-0.25, -0.2) is 0 Å². The molecule has 0 aliphatic carbocycles. The van der Waals surface area contributed by atoms with Gasteiger partial charge in [0, 0.05) is 26.6 Å². The van der Waals surface area contributed by atoms with Crippen molar-refractivity contribution in [2.24, 2.45) is 0 Å². The number of benzene rings is 1. The molecular weight excluding hydrogens is 444 g/mol. The lowest BCUT2D eigenvalue weighted by atomic mass is 10.3. The molecule has 1 unspecified atom stereocenters. The number of nitrogens with one attached hydrogen (secondary N) is 2. The molecule has 0 radical (unpaired) electrons. The number of hydrogen-bond acceptors (Lipinski definition) is 3. The lowest BCUT2D eigenvalue weighted by Gasteiger charge is -2.15. The maximum Gasteiger partial charge on any atom is 0.239 e. The normalized spacial score (nSPS) is 12.1. The molecule has 0 bridgehead atoms. The molecule has 106 valence electrons. The van der Waals surface area contributed by atoms with E-state index in [0.717, 1.165) is 19.1 Å². The molecule has 0 fully saturated rings. The Morgan fingerprint density at radius 1 is 1.32 bits per heavy atom. The highest BCUT2D eigenvalue weighted by Gasteiger charge is 2.10. The quantitative estimate of drug-likeness (QED) is 0.685. The average molecular weight is 459 g/mol. The van der Waals surface area contributed by atoms with Crippen LogP contribution in [0.1, 0.15) is 6.92 Å². The van der Waals surface area contributed by atoms with E-state index in [9.17, 15) is 4.79 Å². The van der Waals surface area contributed by atoms with Gasteiger partial charge in [-0.15, -0.1) is 0 Å². The van der Waals surface area contributed by atoms with Gasteiger partial charge in [0.05, 0.1) is 18.8 Å². The SMILES string of the molecule is COCC(C)NC(=O)CNc1c(Br)cc(Br)cc1Br. The van der Waals surface area contributed by atoms with E-state index >= 15 is 0 Å². The third-order valence-corrected chi connectivity index (χ3v) is 3.97. The zero-order chi connectivity index (χ0) is 14.4. The molecule has 19 heavy (non-hydrogen) atoms. The first-order chi connectivity index (χ1) is 8.93. The Morgan fingerprint density at radius 2 is 1.89 bits per heavy atom. The molecule has 4 nitrogen and oxygen atoms in total. The summed E-state index contributed by atoms with van der Waals surface area (Å²) in [6.45, 7) is 2.59. The number of ether oxygens (including phenoxy) is 1. The Bertz CT molecular complexity index is 432. The number of carbonyl (C=O) groups excluding carboxylic acids is 1. The number of amides is 1. The van der Waals surface area contributed by atoms with Crippen LogP contribution in [0, 0.1) is 0 Å². The molecule has 0 spiro atoms. The molecule has 0 saturated carbocycles. The van der Waals surface area contributed by atoms with Crippen LogP contribution < -0.4 is 10.6 Å². The van der Waals surface area contributed by atoms with E-state index in [4.69, 9.17) is 4.74 Å². The van der Waals surface area contributed by atoms with Crippen LogP contribution in [0.4, 0.5) is 5.69 Å². The summed E-state index contributed by atoms with van der Waals surface area (Å²) in [5.74, 6) is -0.0775. The van der Waals surface area contributed by atoms with Crippen molar-refractivity contribution in [3.63, 3.8) is 0 Å². The van der Waals surface area contributed by atoms with E-state index in [1.165, 1.54) is 0 Å². The Hall–Kier alpha value is -0.110. The summed E-state index contributed by atoms with van der Waals surface area (Å²) >= 11 is 10.3. The van der Waals surface area contributed by atoms with E-state index in [2.05, 4.69) is 58.4 Å². The third kappa shape index (κ3) is 5.81. The maximum absolute atomic E-state index is 11.7. The number of carbonyl (C=O) groups is 1. The van der Waals surface area contributed by atoms with E-state index in [-0.39, 0.29) is 18.5 Å². The minimum Gasteiger partial charge on any atom is -0.383 e. The van der Waals surface area contributed by atoms with Gasteiger partial charge in [-0.3, -0.25) is 4.79 Å². The van der Waals surface area contributed by atoms with Crippen molar-refractivity contribution < 1.29 is 9.53 Å². The summed E-state index contributed by atoms with van der Waals surface area (Å²) in [4.78, 5) is 11.7. The van der Waals surface area contributed by atoms with Gasteiger partial charge in [-0.05, 0) is 50.9 Å². The largest absolute Gasteiger partial charge is 0.383 e. The van der Waals surface area contributed by atoms with E-state index in [0.29, 0.717) is 6.61 Å². The zero-order valence-corrected chi connectivity index (χ0v) is 15.4. The van der Waals surface area contributed by atoms with Gasteiger partial charge in [-0.2, -0.15) is 0 Å². The van der Waals surface area contributed by atoms with Crippen molar-refractivity contribution in [3.8, 4) is 0 Å². The number of anilines is 1. The van der Waals surface area contributed by atoms with Crippen molar-refractivity contribution in [3.05, 3.63) is 25.6 Å². The van der Waals surface area contributed by atoms with Crippen LogP contribution >= 0.6 is 47.8 Å². The van der Waals surface area contributed by atoms with Crippen molar-refractivity contribution in [1.29, 1.82) is 0 Å². The molecule has 1 rings (SSSR count). The Morgan fingerprint density at radius 3 is 2.42 bits per heavy atom. The van der Waals surface area contributed by atoms with Gasteiger partial charge in [-0.1, -0.05) is 15.9 Å². The highest BCUT2D eigenvalue weighted by atomic mass is 79.9. The molecule has 1 amide bonds. The smallest absolute Gasteiger partial charge is 0.239 e. The molecule has 0 aromatic heterocycles. The van der Waals surface area contributed by atoms with Crippen LogP contribution in [0.3, 0.4) is 0 Å². The Balaban J connectivity index is 2.55. The standard InChI is InChI=1S/C12H15Br3N2O2/c1-7(6-19-2)17-11(18)5-16-12-9(14)3-8(13)4-10(12)15/h3-4,7,16H,5-6H2,1-2H3,(H,17,18).